The molecule has 2 heterocycles. The Kier molecular flexibility index (Phi) is 5.51. The molecule has 0 aliphatic heterocycles. The van der Waals surface area contributed by atoms with Crippen LogP contribution < -0.4 is 16.6 Å². The van der Waals surface area contributed by atoms with Gasteiger partial charge in [0.15, 0.2) is 0 Å². The maximum absolute atomic E-state index is 13.0. The van der Waals surface area contributed by atoms with Crippen molar-refractivity contribution in [3.8, 4) is 0 Å². The van der Waals surface area contributed by atoms with Gasteiger partial charge in [-0.1, -0.05) is 23.7 Å². The molecule has 0 spiro atoms. The first-order valence-electron chi connectivity index (χ1n) is 8.48. The Morgan fingerprint density at radius 1 is 1.24 bits per heavy atom. The van der Waals surface area contributed by atoms with Crippen molar-refractivity contribution in [3.63, 3.8) is 0 Å². The van der Waals surface area contributed by atoms with Gasteiger partial charge >= 0.3 is 11.7 Å². The second kappa shape index (κ2) is 7.88. The molecule has 0 fully saturated rings. The number of hydrogen-bond donors (Lipinski definition) is 1. The van der Waals surface area contributed by atoms with E-state index in [0.717, 1.165) is 9.13 Å². The van der Waals surface area contributed by atoms with Crippen LogP contribution in [0.2, 0.25) is 5.02 Å². The first kappa shape index (κ1) is 20.3. The summed E-state index contributed by atoms with van der Waals surface area (Å²) in [7, 11) is 2.58. The molecular formula is C19H17ClN4O5. The number of para-hydroxylation sites is 1. The van der Waals surface area contributed by atoms with Gasteiger partial charge in [0.2, 0.25) is 5.91 Å². The molecule has 0 bridgehead atoms. The number of nitrogens with one attached hydrogen (secondary N) is 1. The monoisotopic (exact) mass is 416 g/mol. The third-order valence-electron chi connectivity index (χ3n) is 4.28. The molecule has 3 aromatic rings. The largest absolute Gasteiger partial charge is 0.465 e. The van der Waals surface area contributed by atoms with Gasteiger partial charge in [0, 0.05) is 12.7 Å². The molecule has 1 amide bonds. The Labute approximate surface area is 169 Å². The van der Waals surface area contributed by atoms with Crippen LogP contribution in [-0.4, -0.2) is 33.1 Å². The lowest BCUT2D eigenvalue weighted by molar-refractivity contribution is -0.116. The molecule has 9 nitrogen and oxygen atoms in total. The van der Waals surface area contributed by atoms with Crippen molar-refractivity contribution < 1.29 is 14.3 Å². The maximum Gasteiger partial charge on any atom is 0.338 e. The number of anilines is 1. The lowest BCUT2D eigenvalue weighted by atomic mass is 10.1. The van der Waals surface area contributed by atoms with E-state index in [2.05, 4.69) is 10.3 Å². The van der Waals surface area contributed by atoms with Gasteiger partial charge in [-0.3, -0.25) is 18.7 Å². The number of rotatable bonds is 4. The summed E-state index contributed by atoms with van der Waals surface area (Å²) in [5.74, 6) is -1.38. The number of ether oxygens (including phenoxy) is 1. The second-order valence-corrected chi connectivity index (χ2v) is 6.67. The number of aromatic nitrogens is 3. The van der Waals surface area contributed by atoms with Gasteiger partial charge in [0.1, 0.15) is 12.2 Å². The highest BCUT2D eigenvalue weighted by Crippen LogP contribution is 2.20. The Bertz CT molecular complexity index is 1260. The van der Waals surface area contributed by atoms with E-state index in [0.29, 0.717) is 16.4 Å². The summed E-state index contributed by atoms with van der Waals surface area (Å²) in [6, 6.07) is 7.96. The number of amides is 1. The predicted molar refractivity (Wildman–Crippen MR) is 107 cm³/mol. The van der Waals surface area contributed by atoms with Crippen LogP contribution in [0.25, 0.3) is 11.0 Å². The molecule has 0 aliphatic carbocycles. The van der Waals surface area contributed by atoms with Gasteiger partial charge in [-0.05, 0) is 25.1 Å². The van der Waals surface area contributed by atoms with Crippen molar-refractivity contribution in [2.45, 2.75) is 13.5 Å². The molecule has 0 radical (unpaired) electrons. The Hall–Kier alpha value is -3.46. The van der Waals surface area contributed by atoms with Crippen LogP contribution in [0.1, 0.15) is 16.1 Å². The molecule has 0 saturated heterocycles. The zero-order valence-electron chi connectivity index (χ0n) is 15.9. The van der Waals surface area contributed by atoms with Gasteiger partial charge < -0.3 is 10.1 Å². The number of methoxy groups -OCH3 is 1. The number of pyridine rings is 1. The third kappa shape index (κ3) is 3.77. The Balaban J connectivity index is 2.14. The Morgan fingerprint density at radius 3 is 2.59 bits per heavy atom. The zero-order valence-corrected chi connectivity index (χ0v) is 16.6. The minimum atomic E-state index is -0.815. The van der Waals surface area contributed by atoms with Gasteiger partial charge in [-0.2, -0.15) is 0 Å². The summed E-state index contributed by atoms with van der Waals surface area (Å²) in [6.45, 7) is 1.06. The number of benzene rings is 1. The van der Waals surface area contributed by atoms with Gasteiger partial charge in [-0.15, -0.1) is 0 Å². The number of fused-ring (bicyclic) bond motifs is 1. The molecule has 0 saturated carbocycles. The molecule has 2 aromatic heterocycles. The van der Waals surface area contributed by atoms with E-state index in [1.165, 1.54) is 20.2 Å². The predicted octanol–water partition coefficient (Wildman–Crippen LogP) is 1.48. The molecule has 0 aliphatic rings. The van der Waals surface area contributed by atoms with Crippen molar-refractivity contribution in [1.29, 1.82) is 0 Å². The molecule has 0 atom stereocenters. The smallest absolute Gasteiger partial charge is 0.338 e. The van der Waals surface area contributed by atoms with Crippen molar-refractivity contribution in [2.75, 3.05) is 12.4 Å². The fourth-order valence-electron chi connectivity index (χ4n) is 2.91. The van der Waals surface area contributed by atoms with Crippen LogP contribution in [0.3, 0.4) is 0 Å². The van der Waals surface area contributed by atoms with Crippen LogP contribution in [-0.2, 0) is 23.1 Å². The maximum atomic E-state index is 13.0. The third-order valence-corrected chi connectivity index (χ3v) is 4.61. The molecule has 1 aromatic carbocycles. The molecular weight excluding hydrogens is 400 g/mol. The van der Waals surface area contributed by atoms with Crippen LogP contribution in [0, 0.1) is 6.92 Å². The van der Waals surface area contributed by atoms with Crippen molar-refractivity contribution in [2.24, 2.45) is 7.05 Å². The number of halogens is 1. The topological polar surface area (TPSA) is 112 Å². The SMILES string of the molecule is COC(=O)c1cc(C)nc2c1c(=O)n(CC(=O)Nc1ccccc1Cl)c(=O)n2C. The van der Waals surface area contributed by atoms with Crippen LogP contribution in [0.15, 0.2) is 39.9 Å². The summed E-state index contributed by atoms with van der Waals surface area (Å²) in [5.41, 5.74) is -0.783. The number of aryl methyl sites for hydroxylation is 2. The quantitative estimate of drug-likeness (QED) is 0.645. The number of hydrogen-bond acceptors (Lipinski definition) is 6. The number of nitrogens with zero attached hydrogens (tertiary/aromatic N) is 3. The van der Waals surface area contributed by atoms with E-state index in [4.69, 9.17) is 16.3 Å². The average molecular weight is 417 g/mol. The Morgan fingerprint density at radius 2 is 1.93 bits per heavy atom. The molecule has 150 valence electrons. The van der Waals surface area contributed by atoms with Crippen LogP contribution in [0.4, 0.5) is 5.69 Å². The average Bonchev–Trinajstić information content (AvgIpc) is 2.70. The normalized spacial score (nSPS) is 10.8. The standard InChI is InChI=1S/C19H17ClN4O5/c1-10-8-11(18(27)29-3)15-16(21-10)23(2)19(28)24(17(15)26)9-14(25)22-13-7-5-4-6-12(13)20/h4-8H,9H2,1-3H3,(H,22,25). The van der Waals surface area contributed by atoms with E-state index >= 15 is 0 Å². The first-order chi connectivity index (χ1) is 13.7. The molecule has 1 N–H and O–H groups in total. The van der Waals surface area contributed by atoms with Crippen LogP contribution in [0.5, 0.6) is 0 Å². The fraction of sp³-hybridized carbons (Fsp3) is 0.211. The lowest BCUT2D eigenvalue weighted by Crippen LogP contribution is -2.42. The highest BCUT2D eigenvalue weighted by Gasteiger charge is 2.21. The number of carbonyl (C=O) groups excluding carboxylic acids is 2. The number of carbonyl (C=O) groups is 2. The molecule has 29 heavy (non-hydrogen) atoms. The van der Waals surface area contributed by atoms with E-state index < -0.39 is 29.7 Å². The second-order valence-electron chi connectivity index (χ2n) is 6.26. The minimum Gasteiger partial charge on any atom is -0.465 e. The van der Waals surface area contributed by atoms with Gasteiger partial charge in [-0.25, -0.2) is 14.6 Å². The summed E-state index contributed by atoms with van der Waals surface area (Å²) < 4.78 is 6.59. The van der Waals surface area contributed by atoms with E-state index in [9.17, 15) is 19.2 Å². The van der Waals surface area contributed by atoms with E-state index in [1.54, 1.807) is 31.2 Å². The lowest BCUT2D eigenvalue weighted by Gasteiger charge is -2.13. The molecule has 10 heteroatoms. The fourth-order valence-corrected chi connectivity index (χ4v) is 3.09. The van der Waals surface area contributed by atoms with Crippen molar-refractivity contribution >= 4 is 40.2 Å². The highest BCUT2D eigenvalue weighted by atomic mass is 35.5. The van der Waals surface area contributed by atoms with Crippen LogP contribution >= 0.6 is 11.6 Å². The molecule has 0 unspecified atom stereocenters. The van der Waals surface area contributed by atoms with Crippen molar-refractivity contribution in [1.82, 2.24) is 14.1 Å². The van der Waals surface area contributed by atoms with E-state index in [-0.39, 0.29) is 16.6 Å². The van der Waals surface area contributed by atoms with E-state index in [1.807, 2.05) is 0 Å². The van der Waals surface area contributed by atoms with Gasteiger partial charge in [0.25, 0.3) is 5.56 Å². The van der Waals surface area contributed by atoms with Gasteiger partial charge in [0.05, 0.1) is 28.8 Å². The highest BCUT2D eigenvalue weighted by molar-refractivity contribution is 6.33. The summed E-state index contributed by atoms with van der Waals surface area (Å²) in [4.78, 5) is 54.5. The summed E-state index contributed by atoms with van der Waals surface area (Å²) >= 11 is 6.01. The molecule has 3 rings (SSSR count). The zero-order chi connectivity index (χ0) is 21.3. The number of esters is 1. The first-order valence-corrected chi connectivity index (χ1v) is 8.86. The summed E-state index contributed by atoms with van der Waals surface area (Å²) in [6.07, 6.45) is 0. The summed E-state index contributed by atoms with van der Waals surface area (Å²) in [5, 5.41) is 2.76. The van der Waals surface area contributed by atoms with Crippen molar-refractivity contribution in [3.05, 3.63) is 67.4 Å². The minimum absolute atomic E-state index is 0.0307.